The highest BCUT2D eigenvalue weighted by atomic mass is 127. The van der Waals surface area contributed by atoms with Crippen LogP contribution in [-0.4, -0.2) is 67.8 Å². The zero-order valence-corrected chi connectivity index (χ0v) is 18.2. The molecule has 1 aromatic rings. The van der Waals surface area contributed by atoms with Crippen LogP contribution in [0.2, 0.25) is 0 Å². The summed E-state index contributed by atoms with van der Waals surface area (Å²) in [6.45, 7) is 11.9. The van der Waals surface area contributed by atoms with E-state index in [1.807, 2.05) is 14.0 Å². The average molecular weight is 467 g/mol. The molecular formula is C16H30IN5OS. The van der Waals surface area contributed by atoms with Gasteiger partial charge in [-0.25, -0.2) is 4.98 Å². The lowest BCUT2D eigenvalue weighted by molar-refractivity contribution is -0.00833. The van der Waals surface area contributed by atoms with E-state index in [-0.39, 0.29) is 29.5 Å². The lowest BCUT2D eigenvalue weighted by Crippen LogP contribution is -2.56. The smallest absolute Gasteiger partial charge is 0.191 e. The van der Waals surface area contributed by atoms with Crippen molar-refractivity contribution in [2.75, 3.05) is 46.4 Å². The predicted octanol–water partition coefficient (Wildman–Crippen LogP) is 1.89. The van der Waals surface area contributed by atoms with Gasteiger partial charge in [-0.05, 0) is 20.8 Å². The van der Waals surface area contributed by atoms with Gasteiger partial charge in [0.2, 0.25) is 0 Å². The Morgan fingerprint density at radius 3 is 2.67 bits per heavy atom. The molecule has 0 unspecified atom stereocenters. The largest absolute Gasteiger partial charge is 0.379 e. The summed E-state index contributed by atoms with van der Waals surface area (Å²) in [4.78, 5) is 11.3. The maximum Gasteiger partial charge on any atom is 0.191 e. The van der Waals surface area contributed by atoms with Gasteiger partial charge in [-0.1, -0.05) is 0 Å². The van der Waals surface area contributed by atoms with Crippen molar-refractivity contribution in [2.24, 2.45) is 4.99 Å². The number of thiazole rings is 1. The number of aryl methyl sites for hydroxylation is 1. The van der Waals surface area contributed by atoms with Gasteiger partial charge in [-0.2, -0.15) is 0 Å². The zero-order chi connectivity index (χ0) is 16.7. The summed E-state index contributed by atoms with van der Waals surface area (Å²) in [7, 11) is 1.81. The third kappa shape index (κ3) is 6.81. The molecule has 0 spiro atoms. The molecular weight excluding hydrogens is 437 g/mol. The van der Waals surface area contributed by atoms with Crippen LogP contribution in [0.25, 0.3) is 0 Å². The van der Waals surface area contributed by atoms with Crippen molar-refractivity contribution in [2.45, 2.75) is 32.7 Å². The first-order chi connectivity index (χ1) is 11.0. The third-order valence-corrected chi connectivity index (χ3v) is 4.94. The van der Waals surface area contributed by atoms with Crippen molar-refractivity contribution < 1.29 is 4.74 Å². The summed E-state index contributed by atoms with van der Waals surface area (Å²) in [5.74, 6) is 0.846. The molecule has 0 saturated carbocycles. The van der Waals surface area contributed by atoms with Crippen molar-refractivity contribution in [3.63, 3.8) is 0 Å². The molecule has 0 aliphatic carbocycles. The normalized spacial score (nSPS) is 16.6. The monoisotopic (exact) mass is 467 g/mol. The molecule has 1 aliphatic rings. The Morgan fingerprint density at radius 2 is 2.08 bits per heavy atom. The average Bonchev–Trinajstić information content (AvgIpc) is 2.97. The van der Waals surface area contributed by atoms with Gasteiger partial charge in [0, 0.05) is 50.6 Å². The number of rotatable bonds is 6. The fraction of sp³-hybridized carbons (Fsp3) is 0.750. The van der Waals surface area contributed by atoms with Crippen LogP contribution in [0.3, 0.4) is 0 Å². The van der Waals surface area contributed by atoms with Crippen LogP contribution in [0, 0.1) is 6.92 Å². The van der Waals surface area contributed by atoms with Crippen LogP contribution >= 0.6 is 35.3 Å². The van der Waals surface area contributed by atoms with Crippen LogP contribution in [0.15, 0.2) is 10.4 Å². The van der Waals surface area contributed by atoms with E-state index < -0.39 is 0 Å². The summed E-state index contributed by atoms with van der Waals surface area (Å²) in [5, 5.41) is 10.0. The number of aliphatic imine (C=N–C) groups is 1. The minimum Gasteiger partial charge on any atom is -0.379 e. The lowest BCUT2D eigenvalue weighted by Gasteiger charge is -2.41. The van der Waals surface area contributed by atoms with Gasteiger partial charge >= 0.3 is 0 Å². The summed E-state index contributed by atoms with van der Waals surface area (Å²) < 4.78 is 5.44. The van der Waals surface area contributed by atoms with Crippen LogP contribution in [0.5, 0.6) is 0 Å². The Kier molecular flexibility index (Phi) is 9.47. The Labute approximate surface area is 166 Å². The molecule has 1 fully saturated rings. The molecule has 2 heterocycles. The second-order valence-corrected chi connectivity index (χ2v) is 7.43. The first kappa shape index (κ1) is 21.6. The number of nitrogens with zero attached hydrogens (tertiary/aromatic N) is 3. The van der Waals surface area contributed by atoms with Crippen LogP contribution < -0.4 is 10.6 Å². The highest BCUT2D eigenvalue weighted by molar-refractivity contribution is 14.0. The Morgan fingerprint density at radius 1 is 1.38 bits per heavy atom. The van der Waals surface area contributed by atoms with Crippen molar-refractivity contribution >= 4 is 41.3 Å². The Balaban J connectivity index is 0.00000288. The van der Waals surface area contributed by atoms with E-state index in [0.717, 1.165) is 62.5 Å². The number of hydrogen-bond acceptors (Lipinski definition) is 5. The third-order valence-electron chi connectivity index (χ3n) is 4.12. The van der Waals surface area contributed by atoms with Crippen LogP contribution in [-0.2, 0) is 11.2 Å². The van der Waals surface area contributed by atoms with Crippen molar-refractivity contribution in [1.82, 2.24) is 20.5 Å². The summed E-state index contributed by atoms with van der Waals surface area (Å²) in [5.41, 5.74) is 1.22. The van der Waals surface area contributed by atoms with E-state index in [4.69, 9.17) is 4.74 Å². The molecule has 1 aromatic heterocycles. The molecule has 2 rings (SSSR count). The molecule has 2 N–H and O–H groups in total. The quantitative estimate of drug-likeness (QED) is 0.380. The number of guanidine groups is 1. The fourth-order valence-electron chi connectivity index (χ4n) is 2.63. The van der Waals surface area contributed by atoms with E-state index in [0.29, 0.717) is 0 Å². The topological polar surface area (TPSA) is 61.8 Å². The van der Waals surface area contributed by atoms with E-state index in [1.165, 1.54) is 0 Å². The Bertz CT molecular complexity index is 514. The molecule has 0 aromatic carbocycles. The van der Waals surface area contributed by atoms with E-state index in [1.54, 1.807) is 11.3 Å². The van der Waals surface area contributed by atoms with Gasteiger partial charge < -0.3 is 15.4 Å². The minimum absolute atomic E-state index is 0. The van der Waals surface area contributed by atoms with Crippen LogP contribution in [0.4, 0.5) is 0 Å². The molecule has 0 atom stereocenters. The van der Waals surface area contributed by atoms with Gasteiger partial charge in [-0.15, -0.1) is 35.3 Å². The number of ether oxygens (including phenoxy) is 1. The fourth-order valence-corrected chi connectivity index (χ4v) is 3.28. The van der Waals surface area contributed by atoms with Gasteiger partial charge in [0.15, 0.2) is 5.96 Å². The first-order valence-corrected chi connectivity index (χ1v) is 9.07. The zero-order valence-electron chi connectivity index (χ0n) is 15.1. The minimum atomic E-state index is 0. The molecule has 8 heteroatoms. The van der Waals surface area contributed by atoms with Gasteiger partial charge in [0.25, 0.3) is 0 Å². The van der Waals surface area contributed by atoms with Gasteiger partial charge in [-0.3, -0.25) is 9.89 Å². The highest BCUT2D eigenvalue weighted by Crippen LogP contribution is 2.15. The number of hydrogen-bond donors (Lipinski definition) is 2. The van der Waals surface area contributed by atoms with Crippen molar-refractivity contribution in [1.29, 1.82) is 0 Å². The number of nitrogens with one attached hydrogen (secondary N) is 2. The molecule has 0 amide bonds. The second kappa shape index (κ2) is 10.5. The molecule has 0 radical (unpaired) electrons. The lowest BCUT2D eigenvalue weighted by atomic mass is 10.0. The van der Waals surface area contributed by atoms with Crippen molar-refractivity contribution in [3.8, 4) is 0 Å². The molecule has 6 nitrogen and oxygen atoms in total. The SMILES string of the molecule is CN=C(NCCc1csc(C)n1)NCC(C)(C)N1CCOCC1.I. The highest BCUT2D eigenvalue weighted by Gasteiger charge is 2.28. The molecule has 0 bridgehead atoms. The molecule has 1 aliphatic heterocycles. The Hall–Kier alpha value is -0.450. The summed E-state index contributed by atoms with van der Waals surface area (Å²) >= 11 is 1.70. The van der Waals surface area contributed by atoms with E-state index in [9.17, 15) is 0 Å². The maximum absolute atomic E-state index is 5.44. The second-order valence-electron chi connectivity index (χ2n) is 6.37. The van der Waals surface area contributed by atoms with E-state index in [2.05, 4.69) is 44.7 Å². The van der Waals surface area contributed by atoms with Gasteiger partial charge in [0.1, 0.15) is 0 Å². The van der Waals surface area contributed by atoms with Crippen molar-refractivity contribution in [3.05, 3.63) is 16.1 Å². The first-order valence-electron chi connectivity index (χ1n) is 8.19. The molecule has 138 valence electrons. The number of halogens is 1. The molecule has 1 saturated heterocycles. The van der Waals surface area contributed by atoms with E-state index >= 15 is 0 Å². The summed E-state index contributed by atoms with van der Waals surface area (Å²) in [6, 6.07) is 0. The maximum atomic E-state index is 5.44. The summed E-state index contributed by atoms with van der Waals surface area (Å²) in [6.07, 6.45) is 0.915. The standard InChI is InChI=1S/C16H29N5OS.HI/c1-13-20-14(11-23-13)5-6-18-15(17-4)19-12-16(2,3)21-7-9-22-10-8-21;/h11H,5-10,12H2,1-4H3,(H2,17,18,19);1H. The van der Waals surface area contributed by atoms with Gasteiger partial charge in [0.05, 0.1) is 23.9 Å². The molecule has 24 heavy (non-hydrogen) atoms. The van der Waals surface area contributed by atoms with Crippen LogP contribution in [0.1, 0.15) is 24.5 Å². The number of aromatic nitrogens is 1. The number of morpholine rings is 1. The predicted molar refractivity (Wildman–Crippen MR) is 112 cm³/mol.